The molecule has 4 aromatic rings. The van der Waals surface area contributed by atoms with Gasteiger partial charge in [-0.05, 0) is 65.7 Å². The van der Waals surface area contributed by atoms with E-state index in [1.54, 1.807) is 65.6 Å². The third-order valence-corrected chi connectivity index (χ3v) is 8.13. The predicted octanol–water partition coefficient (Wildman–Crippen LogP) is 5.33. The second kappa shape index (κ2) is 9.96. The number of halogens is 1. The first-order chi connectivity index (χ1) is 18.5. The van der Waals surface area contributed by atoms with Crippen molar-refractivity contribution >= 4 is 39.9 Å². The molecular weight excluding hydrogens is 524 g/mol. The van der Waals surface area contributed by atoms with Crippen molar-refractivity contribution < 1.29 is 23.3 Å². The van der Waals surface area contributed by atoms with Gasteiger partial charge in [-0.2, -0.15) is 0 Å². The van der Waals surface area contributed by atoms with Crippen molar-refractivity contribution in [1.29, 1.82) is 0 Å². The summed E-state index contributed by atoms with van der Waals surface area (Å²) in [5.41, 5.74) is 2.78. The standard InChI is InChI=1S/C29H21ClN2O5S/c30-21-5-3-4-19(12-21)16-32-23-14-20(28(33)31-15-18-8-10-24-25(13-18)37-17-36-24)9-11-27(23)38(35)26-7-2-1-6-22(26)29(32)34/h1-14H,15-17H2,(H,31,33)/t38-/m1/s1. The number of nitrogens with zero attached hydrogens (tertiary/aromatic N) is 1. The van der Waals surface area contributed by atoms with Crippen LogP contribution in [0.3, 0.4) is 0 Å². The zero-order valence-electron chi connectivity index (χ0n) is 20.0. The van der Waals surface area contributed by atoms with Gasteiger partial charge in [0.2, 0.25) is 6.79 Å². The molecule has 2 aliphatic heterocycles. The van der Waals surface area contributed by atoms with E-state index >= 15 is 0 Å². The Hall–Kier alpha value is -4.14. The SMILES string of the molecule is O=C(NCc1ccc2c(c1)OCO2)c1ccc2c(c1)N(Cc1cccc(Cl)c1)C(=O)c1ccccc1[S@]2=O. The number of rotatable bonds is 5. The van der Waals surface area contributed by atoms with Crippen molar-refractivity contribution in [2.24, 2.45) is 0 Å². The first-order valence-electron chi connectivity index (χ1n) is 11.9. The number of anilines is 1. The molecule has 38 heavy (non-hydrogen) atoms. The quantitative estimate of drug-likeness (QED) is 0.367. The number of fused-ring (bicyclic) bond motifs is 3. The van der Waals surface area contributed by atoms with Crippen LogP contribution in [0.15, 0.2) is 94.7 Å². The number of nitrogens with one attached hydrogen (secondary N) is 1. The zero-order chi connectivity index (χ0) is 26.2. The molecule has 0 unspecified atom stereocenters. The molecule has 6 rings (SSSR count). The molecule has 1 atom stereocenters. The number of benzene rings is 4. The molecule has 0 aromatic heterocycles. The first-order valence-corrected chi connectivity index (χ1v) is 13.4. The zero-order valence-corrected chi connectivity index (χ0v) is 21.6. The van der Waals surface area contributed by atoms with E-state index in [4.69, 9.17) is 21.1 Å². The van der Waals surface area contributed by atoms with Crippen molar-refractivity contribution in [1.82, 2.24) is 5.32 Å². The van der Waals surface area contributed by atoms with Crippen molar-refractivity contribution in [2.75, 3.05) is 11.7 Å². The second-order valence-corrected chi connectivity index (χ2v) is 10.7. The summed E-state index contributed by atoms with van der Waals surface area (Å²) in [7, 11) is -1.61. The van der Waals surface area contributed by atoms with Gasteiger partial charge < -0.3 is 19.7 Å². The average Bonchev–Trinajstić information content (AvgIpc) is 3.39. The van der Waals surface area contributed by atoms with E-state index in [9.17, 15) is 13.8 Å². The molecule has 0 fully saturated rings. The van der Waals surface area contributed by atoms with Crippen LogP contribution in [0.1, 0.15) is 31.8 Å². The Morgan fingerprint density at radius 2 is 1.74 bits per heavy atom. The lowest BCUT2D eigenvalue weighted by Crippen LogP contribution is -2.31. The van der Waals surface area contributed by atoms with Crippen LogP contribution in [0.5, 0.6) is 11.5 Å². The maximum atomic E-state index is 13.8. The summed E-state index contributed by atoms with van der Waals surface area (Å²) in [6.45, 7) is 0.644. The number of carbonyl (C=O) groups is 2. The van der Waals surface area contributed by atoms with Crippen LogP contribution in [-0.4, -0.2) is 22.8 Å². The van der Waals surface area contributed by atoms with Gasteiger partial charge >= 0.3 is 0 Å². The third-order valence-electron chi connectivity index (χ3n) is 6.39. The van der Waals surface area contributed by atoms with E-state index in [0.29, 0.717) is 43.1 Å². The lowest BCUT2D eigenvalue weighted by Gasteiger charge is -2.24. The lowest BCUT2D eigenvalue weighted by atomic mass is 10.1. The first kappa shape index (κ1) is 24.2. The number of amides is 2. The molecule has 1 N–H and O–H groups in total. The second-order valence-electron chi connectivity index (χ2n) is 8.84. The van der Waals surface area contributed by atoms with Gasteiger partial charge in [0, 0.05) is 17.1 Å². The van der Waals surface area contributed by atoms with Gasteiger partial charge in [-0.1, -0.05) is 41.9 Å². The van der Waals surface area contributed by atoms with Crippen molar-refractivity contribution in [3.8, 4) is 11.5 Å². The highest BCUT2D eigenvalue weighted by molar-refractivity contribution is 7.85. The summed E-state index contributed by atoms with van der Waals surface area (Å²) in [4.78, 5) is 29.4. The predicted molar refractivity (Wildman–Crippen MR) is 143 cm³/mol. The molecule has 2 aliphatic rings. The topological polar surface area (TPSA) is 84.9 Å². The number of hydrogen-bond acceptors (Lipinski definition) is 5. The highest BCUT2D eigenvalue weighted by Crippen LogP contribution is 2.36. The minimum absolute atomic E-state index is 0.177. The van der Waals surface area contributed by atoms with Gasteiger partial charge in [0.1, 0.15) is 0 Å². The molecule has 0 saturated carbocycles. The molecule has 2 heterocycles. The summed E-state index contributed by atoms with van der Waals surface area (Å²) in [6, 6.07) is 24.5. The largest absolute Gasteiger partial charge is 0.454 e. The number of carbonyl (C=O) groups excluding carboxylic acids is 2. The number of ether oxygens (including phenoxy) is 2. The van der Waals surface area contributed by atoms with Gasteiger partial charge in [0.25, 0.3) is 11.8 Å². The molecule has 0 bridgehead atoms. The van der Waals surface area contributed by atoms with Gasteiger partial charge in [-0.25, -0.2) is 4.21 Å². The van der Waals surface area contributed by atoms with Gasteiger partial charge in [-0.15, -0.1) is 0 Å². The van der Waals surface area contributed by atoms with Crippen molar-refractivity contribution in [3.63, 3.8) is 0 Å². The Balaban J connectivity index is 1.34. The molecule has 0 aliphatic carbocycles. The molecule has 190 valence electrons. The Labute approximate surface area is 226 Å². The Morgan fingerprint density at radius 3 is 2.61 bits per heavy atom. The number of hydrogen-bond donors (Lipinski definition) is 1. The molecule has 7 nitrogen and oxygen atoms in total. The fraction of sp³-hybridized carbons (Fsp3) is 0.103. The monoisotopic (exact) mass is 544 g/mol. The summed E-state index contributed by atoms with van der Waals surface area (Å²) in [5.74, 6) is 0.682. The van der Waals surface area contributed by atoms with Crippen LogP contribution in [-0.2, 0) is 23.9 Å². The van der Waals surface area contributed by atoms with Crippen molar-refractivity contribution in [2.45, 2.75) is 22.9 Å². The Kier molecular flexibility index (Phi) is 6.35. The average molecular weight is 545 g/mol. The smallest absolute Gasteiger partial charge is 0.259 e. The van der Waals surface area contributed by atoms with E-state index in [0.717, 1.165) is 11.1 Å². The summed E-state index contributed by atoms with van der Waals surface area (Å²) in [6.07, 6.45) is 0. The normalized spacial score (nSPS) is 15.4. The van der Waals surface area contributed by atoms with E-state index < -0.39 is 10.8 Å². The van der Waals surface area contributed by atoms with E-state index in [2.05, 4.69) is 5.32 Å². The molecule has 2 amide bonds. The molecule has 0 radical (unpaired) electrons. The molecular formula is C29H21ClN2O5S. The third kappa shape index (κ3) is 4.53. The van der Waals surface area contributed by atoms with E-state index in [1.165, 1.54) is 0 Å². The van der Waals surface area contributed by atoms with Crippen LogP contribution in [0, 0.1) is 0 Å². The van der Waals surface area contributed by atoms with Crippen LogP contribution in [0.25, 0.3) is 0 Å². The minimum atomic E-state index is -1.61. The maximum Gasteiger partial charge on any atom is 0.259 e. The van der Waals surface area contributed by atoms with Crippen LogP contribution >= 0.6 is 11.6 Å². The van der Waals surface area contributed by atoms with E-state index in [-0.39, 0.29) is 31.7 Å². The highest BCUT2D eigenvalue weighted by atomic mass is 35.5. The summed E-state index contributed by atoms with van der Waals surface area (Å²) < 4.78 is 24.3. The Bertz CT molecular complexity index is 1620. The Morgan fingerprint density at radius 1 is 0.895 bits per heavy atom. The molecule has 9 heteroatoms. The van der Waals surface area contributed by atoms with Gasteiger partial charge in [-0.3, -0.25) is 9.59 Å². The van der Waals surface area contributed by atoms with Gasteiger partial charge in [0.05, 0.1) is 38.4 Å². The fourth-order valence-electron chi connectivity index (χ4n) is 4.51. The lowest BCUT2D eigenvalue weighted by molar-refractivity contribution is 0.0947. The maximum absolute atomic E-state index is 13.8. The van der Waals surface area contributed by atoms with Crippen molar-refractivity contribution in [3.05, 3.63) is 112 Å². The molecule has 0 saturated heterocycles. The van der Waals surface area contributed by atoms with Crippen LogP contribution in [0.2, 0.25) is 5.02 Å². The van der Waals surface area contributed by atoms with Gasteiger partial charge in [0.15, 0.2) is 11.5 Å². The van der Waals surface area contributed by atoms with Crippen LogP contribution < -0.4 is 19.7 Å². The minimum Gasteiger partial charge on any atom is -0.454 e. The summed E-state index contributed by atoms with van der Waals surface area (Å²) in [5, 5.41) is 3.46. The summed E-state index contributed by atoms with van der Waals surface area (Å²) >= 11 is 6.20. The van der Waals surface area contributed by atoms with E-state index in [1.807, 2.05) is 24.3 Å². The molecule has 4 aromatic carbocycles. The highest BCUT2D eigenvalue weighted by Gasteiger charge is 2.31. The fourth-order valence-corrected chi connectivity index (χ4v) is 6.07. The molecule has 0 spiro atoms. The van der Waals surface area contributed by atoms with Crippen LogP contribution in [0.4, 0.5) is 5.69 Å².